The van der Waals surface area contributed by atoms with Crippen molar-refractivity contribution in [3.8, 4) is 0 Å². The third-order valence-electron chi connectivity index (χ3n) is 1.85. The second-order valence-electron chi connectivity index (χ2n) is 3.02. The second-order valence-corrected chi connectivity index (χ2v) is 3.02. The Labute approximate surface area is 83.2 Å². The summed E-state index contributed by atoms with van der Waals surface area (Å²) in [4.78, 5) is 10.8. The Kier molecular flexibility index (Phi) is 3.85. The van der Waals surface area contributed by atoms with Crippen LogP contribution in [0.1, 0.15) is 12.0 Å². The Morgan fingerprint density at radius 1 is 1.36 bits per heavy atom. The van der Waals surface area contributed by atoms with Crippen molar-refractivity contribution in [3.05, 3.63) is 35.9 Å². The third kappa shape index (κ3) is 3.39. The molecule has 0 radical (unpaired) electrons. The fraction of sp³-hybridized carbons (Fsp3) is 0.273. The molecule has 3 heteroatoms. The van der Waals surface area contributed by atoms with E-state index in [1.165, 1.54) is 7.11 Å². The zero-order chi connectivity index (χ0) is 10.4. The van der Waals surface area contributed by atoms with Crippen LogP contribution in [0.15, 0.2) is 30.3 Å². The van der Waals surface area contributed by atoms with Crippen molar-refractivity contribution in [1.82, 2.24) is 0 Å². The first-order valence-electron chi connectivity index (χ1n) is 4.39. The summed E-state index contributed by atoms with van der Waals surface area (Å²) >= 11 is 0. The monoisotopic (exact) mass is 191 g/mol. The summed E-state index contributed by atoms with van der Waals surface area (Å²) in [7, 11) is 1.33. The van der Waals surface area contributed by atoms with Crippen LogP contribution < -0.4 is 0 Å². The fourth-order valence-corrected chi connectivity index (χ4v) is 1.15. The highest BCUT2D eigenvalue weighted by molar-refractivity contribution is 5.98. The highest BCUT2D eigenvalue weighted by atomic mass is 16.5. The average Bonchev–Trinajstić information content (AvgIpc) is 2.19. The van der Waals surface area contributed by atoms with Gasteiger partial charge in [0, 0.05) is 12.1 Å². The van der Waals surface area contributed by atoms with Gasteiger partial charge in [-0.2, -0.15) is 0 Å². The number of rotatable bonds is 4. The van der Waals surface area contributed by atoms with Crippen molar-refractivity contribution in [2.45, 2.75) is 12.8 Å². The first-order valence-corrected chi connectivity index (χ1v) is 4.39. The number of benzene rings is 1. The highest BCUT2D eigenvalue weighted by Gasteiger charge is 2.05. The predicted octanol–water partition coefficient (Wildman–Crippen LogP) is 1.81. The molecule has 14 heavy (non-hydrogen) atoms. The van der Waals surface area contributed by atoms with Crippen LogP contribution in [0.25, 0.3) is 0 Å². The van der Waals surface area contributed by atoms with Crippen LogP contribution in [0.2, 0.25) is 0 Å². The normalized spacial score (nSPS) is 9.50. The van der Waals surface area contributed by atoms with Gasteiger partial charge in [0.25, 0.3) is 0 Å². The number of esters is 1. The quantitative estimate of drug-likeness (QED) is 0.583. The first-order chi connectivity index (χ1) is 6.72. The van der Waals surface area contributed by atoms with Gasteiger partial charge in [-0.1, -0.05) is 30.3 Å². The number of carbonyl (C=O) groups is 1. The molecule has 0 saturated heterocycles. The maximum Gasteiger partial charge on any atom is 0.311 e. The van der Waals surface area contributed by atoms with Gasteiger partial charge < -0.3 is 10.1 Å². The number of methoxy groups -OCH3 is 1. The van der Waals surface area contributed by atoms with E-state index in [1.54, 1.807) is 0 Å². The van der Waals surface area contributed by atoms with Crippen molar-refractivity contribution in [2.24, 2.45) is 0 Å². The molecule has 74 valence electrons. The summed E-state index contributed by atoms with van der Waals surface area (Å²) in [5.41, 5.74) is 1.42. The molecule has 1 rings (SSSR count). The van der Waals surface area contributed by atoms with Gasteiger partial charge in [-0.25, -0.2) is 0 Å². The molecule has 0 bridgehead atoms. The van der Waals surface area contributed by atoms with Crippen molar-refractivity contribution < 1.29 is 9.53 Å². The minimum atomic E-state index is -0.356. The van der Waals surface area contributed by atoms with Crippen molar-refractivity contribution in [1.29, 1.82) is 5.41 Å². The molecule has 0 fully saturated rings. The molecular weight excluding hydrogens is 178 g/mol. The zero-order valence-electron chi connectivity index (χ0n) is 8.12. The van der Waals surface area contributed by atoms with Gasteiger partial charge in [0.1, 0.15) is 0 Å². The summed E-state index contributed by atoms with van der Waals surface area (Å²) in [6.07, 6.45) is 0.585. The molecule has 0 aliphatic carbocycles. The smallest absolute Gasteiger partial charge is 0.311 e. The van der Waals surface area contributed by atoms with Gasteiger partial charge in [0.2, 0.25) is 0 Å². The van der Waals surface area contributed by atoms with E-state index in [0.29, 0.717) is 12.1 Å². The molecule has 0 heterocycles. The Morgan fingerprint density at radius 2 is 2.00 bits per heavy atom. The summed E-state index contributed by atoms with van der Waals surface area (Å²) in [5.74, 6) is -0.356. The Bertz CT molecular complexity index is 319. The molecule has 0 aromatic heterocycles. The molecule has 0 aliphatic heterocycles. The van der Waals surface area contributed by atoms with E-state index in [-0.39, 0.29) is 12.4 Å². The Morgan fingerprint density at radius 3 is 2.57 bits per heavy atom. The van der Waals surface area contributed by atoms with Gasteiger partial charge >= 0.3 is 5.97 Å². The first kappa shape index (κ1) is 10.4. The maximum absolute atomic E-state index is 10.8. The predicted molar refractivity (Wildman–Crippen MR) is 54.5 cm³/mol. The standard InChI is InChI=1S/C11H13NO2/c1-14-11(13)8-10(12)7-9-5-3-2-4-6-9/h2-6,12H,7-8H2,1H3. The number of hydrogen-bond acceptors (Lipinski definition) is 3. The SMILES string of the molecule is COC(=O)CC(=N)Cc1ccccc1. The highest BCUT2D eigenvalue weighted by Crippen LogP contribution is 2.02. The molecule has 1 aromatic carbocycles. The molecule has 0 unspecified atom stereocenters. The Balaban J connectivity index is 2.46. The Hall–Kier alpha value is -1.64. The van der Waals surface area contributed by atoms with Crippen LogP contribution in [0.4, 0.5) is 0 Å². The lowest BCUT2D eigenvalue weighted by Crippen LogP contribution is -2.10. The molecule has 0 aliphatic rings. The van der Waals surface area contributed by atoms with Gasteiger partial charge in [-0.3, -0.25) is 4.79 Å². The lowest BCUT2D eigenvalue weighted by atomic mass is 10.1. The van der Waals surface area contributed by atoms with E-state index >= 15 is 0 Å². The topological polar surface area (TPSA) is 50.2 Å². The molecule has 3 nitrogen and oxygen atoms in total. The van der Waals surface area contributed by atoms with E-state index in [2.05, 4.69) is 4.74 Å². The van der Waals surface area contributed by atoms with Crippen LogP contribution in [0.3, 0.4) is 0 Å². The molecular formula is C11H13NO2. The van der Waals surface area contributed by atoms with Crippen molar-refractivity contribution >= 4 is 11.7 Å². The number of nitrogens with one attached hydrogen (secondary N) is 1. The van der Waals surface area contributed by atoms with Crippen molar-refractivity contribution in [3.63, 3.8) is 0 Å². The van der Waals surface area contributed by atoms with Gasteiger partial charge in [-0.15, -0.1) is 0 Å². The van der Waals surface area contributed by atoms with E-state index in [0.717, 1.165) is 5.56 Å². The lowest BCUT2D eigenvalue weighted by molar-refractivity contribution is -0.139. The van der Waals surface area contributed by atoms with Gasteiger partial charge in [0.05, 0.1) is 13.5 Å². The summed E-state index contributed by atoms with van der Waals surface area (Å²) in [6.45, 7) is 0. The fourth-order valence-electron chi connectivity index (χ4n) is 1.15. The van der Waals surface area contributed by atoms with Crippen LogP contribution >= 0.6 is 0 Å². The second kappa shape index (κ2) is 5.17. The molecule has 0 saturated carbocycles. The van der Waals surface area contributed by atoms with Crippen LogP contribution in [0.5, 0.6) is 0 Å². The summed E-state index contributed by atoms with van der Waals surface area (Å²) in [5, 5.41) is 7.56. The molecule has 0 amide bonds. The van der Waals surface area contributed by atoms with Crippen LogP contribution in [0, 0.1) is 5.41 Å². The minimum Gasteiger partial charge on any atom is -0.469 e. The van der Waals surface area contributed by atoms with Crippen LogP contribution in [-0.4, -0.2) is 18.8 Å². The largest absolute Gasteiger partial charge is 0.469 e. The zero-order valence-corrected chi connectivity index (χ0v) is 8.12. The van der Waals surface area contributed by atoms with E-state index in [4.69, 9.17) is 5.41 Å². The molecule has 1 aromatic rings. The third-order valence-corrected chi connectivity index (χ3v) is 1.85. The van der Waals surface area contributed by atoms with E-state index in [1.807, 2.05) is 30.3 Å². The summed E-state index contributed by atoms with van der Waals surface area (Å²) < 4.78 is 4.48. The number of ether oxygens (including phenoxy) is 1. The number of carbonyl (C=O) groups excluding carboxylic acids is 1. The molecule has 1 N–H and O–H groups in total. The van der Waals surface area contributed by atoms with E-state index in [9.17, 15) is 4.79 Å². The van der Waals surface area contributed by atoms with E-state index < -0.39 is 0 Å². The van der Waals surface area contributed by atoms with Gasteiger partial charge in [0.15, 0.2) is 0 Å². The average molecular weight is 191 g/mol. The number of hydrogen-bond donors (Lipinski definition) is 1. The summed E-state index contributed by atoms with van der Waals surface area (Å²) in [6, 6.07) is 9.63. The van der Waals surface area contributed by atoms with Gasteiger partial charge in [-0.05, 0) is 5.56 Å². The molecule has 0 atom stereocenters. The lowest BCUT2D eigenvalue weighted by Gasteiger charge is -2.02. The minimum absolute atomic E-state index is 0.0748. The molecule has 0 spiro atoms. The van der Waals surface area contributed by atoms with Crippen LogP contribution in [-0.2, 0) is 16.0 Å². The maximum atomic E-state index is 10.8. The van der Waals surface area contributed by atoms with Crippen molar-refractivity contribution in [2.75, 3.05) is 7.11 Å².